The second-order valence-electron chi connectivity index (χ2n) is 10.2. The molecule has 5 N–H and O–H groups in total. The number of primary amides is 1. The lowest BCUT2D eigenvalue weighted by molar-refractivity contribution is -0.140. The van der Waals surface area contributed by atoms with Gasteiger partial charge in [0.05, 0.1) is 12.1 Å². The Morgan fingerprint density at radius 1 is 1.08 bits per heavy atom. The van der Waals surface area contributed by atoms with Crippen molar-refractivity contribution in [2.75, 3.05) is 13.2 Å². The van der Waals surface area contributed by atoms with Crippen LogP contribution in [-0.4, -0.2) is 45.6 Å². The molecule has 0 bridgehead atoms. The monoisotopic (exact) mass is 512 g/mol. The molecule has 0 saturated heterocycles. The molecule has 0 aliphatic rings. The van der Waals surface area contributed by atoms with E-state index in [1.807, 2.05) is 55.7 Å². The lowest BCUT2D eigenvalue weighted by atomic mass is 9.82. The third-order valence-corrected chi connectivity index (χ3v) is 6.28. The lowest BCUT2D eigenvalue weighted by Crippen LogP contribution is -2.46. The first-order valence-corrected chi connectivity index (χ1v) is 12.1. The molecule has 2 amide bonds. The van der Waals surface area contributed by atoms with E-state index in [9.17, 15) is 23.5 Å². The maximum atomic E-state index is 14.8. The number of aliphatic hydroxyl groups is 1. The number of rotatable bonds is 10. The quantitative estimate of drug-likeness (QED) is 0.385. The molecule has 1 aromatic heterocycles. The first-order chi connectivity index (χ1) is 17.4. The number of nitrogens with zero attached hydrogens (tertiary/aromatic N) is 2. The van der Waals surface area contributed by atoms with E-state index in [2.05, 4.69) is 0 Å². The second-order valence-corrected chi connectivity index (χ2v) is 10.2. The van der Waals surface area contributed by atoms with E-state index in [0.29, 0.717) is 17.8 Å². The van der Waals surface area contributed by atoms with Gasteiger partial charge in [-0.15, -0.1) is 0 Å². The van der Waals surface area contributed by atoms with E-state index in [1.54, 1.807) is 12.3 Å². The van der Waals surface area contributed by atoms with E-state index in [1.165, 1.54) is 4.90 Å². The number of hydrogen-bond acceptors (Lipinski definition) is 4. The molecule has 3 rings (SSSR count). The minimum Gasteiger partial charge on any atom is -0.387 e. The first kappa shape index (κ1) is 28.0. The van der Waals surface area contributed by atoms with Crippen LogP contribution in [0.5, 0.6) is 0 Å². The molecule has 0 radical (unpaired) electrons. The van der Waals surface area contributed by atoms with Gasteiger partial charge in [0, 0.05) is 36.1 Å². The standard InChI is InChI=1S/C28H34F2N4O3/c1-28(2,3)26(34(25(36)17-35)12-11-23(31)27(32)37)24-13-19(21-14-20(29)9-10-22(21)30)16-33(24)15-18-7-5-4-6-8-18/h4-10,13-14,16,23,26,35H,11-12,15,17,31H2,1-3H3,(H2,32,37)/t23-,26?/m0/s1. The van der Waals surface area contributed by atoms with Crippen LogP contribution in [0.1, 0.15) is 44.5 Å². The van der Waals surface area contributed by atoms with Crippen molar-refractivity contribution in [1.29, 1.82) is 0 Å². The molecule has 37 heavy (non-hydrogen) atoms. The smallest absolute Gasteiger partial charge is 0.248 e. The summed E-state index contributed by atoms with van der Waals surface area (Å²) in [5.41, 5.74) is 12.8. The highest BCUT2D eigenvalue weighted by atomic mass is 19.1. The summed E-state index contributed by atoms with van der Waals surface area (Å²) in [7, 11) is 0. The normalized spacial score (nSPS) is 13.3. The van der Waals surface area contributed by atoms with Gasteiger partial charge in [-0.05, 0) is 41.7 Å². The Balaban J connectivity index is 2.18. The Morgan fingerprint density at radius 2 is 1.76 bits per heavy atom. The van der Waals surface area contributed by atoms with Crippen LogP contribution >= 0.6 is 0 Å². The largest absolute Gasteiger partial charge is 0.387 e. The van der Waals surface area contributed by atoms with Crippen LogP contribution in [0, 0.1) is 17.0 Å². The average molecular weight is 513 g/mol. The van der Waals surface area contributed by atoms with Gasteiger partial charge in [0.2, 0.25) is 11.8 Å². The average Bonchev–Trinajstić information content (AvgIpc) is 3.24. The summed E-state index contributed by atoms with van der Waals surface area (Å²) >= 11 is 0. The van der Waals surface area contributed by atoms with Gasteiger partial charge in [0.15, 0.2) is 0 Å². The highest BCUT2D eigenvalue weighted by Crippen LogP contribution is 2.41. The number of nitrogens with two attached hydrogens (primary N) is 2. The molecule has 2 aromatic carbocycles. The summed E-state index contributed by atoms with van der Waals surface area (Å²) < 4.78 is 30.7. The van der Waals surface area contributed by atoms with E-state index in [4.69, 9.17) is 11.5 Å². The Labute approximate surface area is 215 Å². The molecule has 0 aliphatic heterocycles. The third-order valence-electron chi connectivity index (χ3n) is 6.28. The molecule has 7 nitrogen and oxygen atoms in total. The summed E-state index contributed by atoms with van der Waals surface area (Å²) in [5.74, 6) is -2.39. The predicted octanol–water partition coefficient (Wildman–Crippen LogP) is 3.59. The zero-order valence-corrected chi connectivity index (χ0v) is 21.3. The van der Waals surface area contributed by atoms with Gasteiger partial charge in [-0.2, -0.15) is 0 Å². The van der Waals surface area contributed by atoms with Crippen molar-refractivity contribution in [3.05, 3.63) is 83.7 Å². The van der Waals surface area contributed by atoms with Crippen LogP contribution in [0.4, 0.5) is 8.78 Å². The molecule has 1 unspecified atom stereocenters. The Morgan fingerprint density at radius 3 is 2.35 bits per heavy atom. The number of carbonyl (C=O) groups excluding carboxylic acids is 2. The maximum absolute atomic E-state index is 14.8. The zero-order chi connectivity index (χ0) is 27.3. The summed E-state index contributed by atoms with van der Waals surface area (Å²) in [4.78, 5) is 26.0. The Bertz CT molecular complexity index is 1240. The Kier molecular flexibility index (Phi) is 8.83. The highest BCUT2D eigenvalue weighted by Gasteiger charge is 2.37. The van der Waals surface area contributed by atoms with Gasteiger partial charge in [0.1, 0.15) is 18.2 Å². The minimum absolute atomic E-state index is 0.0611. The molecule has 3 aromatic rings. The number of aliphatic hydroxyl groups excluding tert-OH is 1. The highest BCUT2D eigenvalue weighted by molar-refractivity contribution is 5.80. The van der Waals surface area contributed by atoms with Gasteiger partial charge < -0.3 is 26.0 Å². The van der Waals surface area contributed by atoms with Crippen LogP contribution < -0.4 is 11.5 Å². The number of amides is 2. The molecule has 0 fully saturated rings. The van der Waals surface area contributed by atoms with Crippen LogP contribution in [0.25, 0.3) is 11.1 Å². The number of benzene rings is 2. The molecule has 198 valence electrons. The molecular weight excluding hydrogens is 478 g/mol. The molecule has 0 spiro atoms. The van der Waals surface area contributed by atoms with Crippen molar-refractivity contribution in [3.8, 4) is 11.1 Å². The van der Waals surface area contributed by atoms with Crippen molar-refractivity contribution in [2.45, 2.75) is 45.8 Å². The van der Waals surface area contributed by atoms with Gasteiger partial charge in [-0.25, -0.2) is 8.78 Å². The van der Waals surface area contributed by atoms with Crippen molar-refractivity contribution >= 4 is 11.8 Å². The molecular formula is C28H34F2N4O3. The third kappa shape index (κ3) is 6.81. The lowest BCUT2D eigenvalue weighted by Gasteiger charge is -2.41. The second kappa shape index (κ2) is 11.7. The van der Waals surface area contributed by atoms with E-state index >= 15 is 0 Å². The van der Waals surface area contributed by atoms with Crippen molar-refractivity contribution < 1.29 is 23.5 Å². The van der Waals surface area contributed by atoms with Gasteiger partial charge >= 0.3 is 0 Å². The van der Waals surface area contributed by atoms with Crippen LogP contribution in [0.2, 0.25) is 0 Å². The van der Waals surface area contributed by atoms with Crippen molar-refractivity contribution in [2.24, 2.45) is 16.9 Å². The SMILES string of the molecule is CC(C)(C)C(c1cc(-c2cc(F)ccc2F)cn1Cc1ccccc1)N(CC[C@H](N)C(N)=O)C(=O)CO. The molecule has 0 saturated carbocycles. The van der Waals surface area contributed by atoms with Crippen LogP contribution in [0.3, 0.4) is 0 Å². The summed E-state index contributed by atoms with van der Waals surface area (Å²) in [5, 5.41) is 9.78. The molecule has 1 heterocycles. The van der Waals surface area contributed by atoms with Gasteiger partial charge in [0.25, 0.3) is 0 Å². The minimum atomic E-state index is -0.970. The topological polar surface area (TPSA) is 115 Å². The molecule has 9 heteroatoms. The van der Waals surface area contributed by atoms with Crippen molar-refractivity contribution in [3.63, 3.8) is 0 Å². The molecule has 2 atom stereocenters. The number of carbonyl (C=O) groups is 2. The van der Waals surface area contributed by atoms with E-state index in [0.717, 1.165) is 23.8 Å². The van der Waals surface area contributed by atoms with E-state index < -0.39 is 47.6 Å². The van der Waals surface area contributed by atoms with E-state index in [-0.39, 0.29) is 18.5 Å². The summed E-state index contributed by atoms with van der Waals surface area (Å²) in [6.45, 7) is 5.53. The fourth-order valence-corrected chi connectivity index (χ4v) is 4.52. The fourth-order valence-electron chi connectivity index (χ4n) is 4.52. The number of hydrogen-bond donors (Lipinski definition) is 3. The summed E-state index contributed by atoms with van der Waals surface area (Å²) in [6.07, 6.45) is 1.83. The van der Waals surface area contributed by atoms with Crippen LogP contribution in [0.15, 0.2) is 60.8 Å². The van der Waals surface area contributed by atoms with Crippen LogP contribution in [-0.2, 0) is 16.1 Å². The zero-order valence-electron chi connectivity index (χ0n) is 21.3. The number of halogens is 2. The van der Waals surface area contributed by atoms with Gasteiger partial charge in [-0.3, -0.25) is 9.59 Å². The summed E-state index contributed by atoms with van der Waals surface area (Å²) in [6, 6.07) is 13.0. The van der Waals surface area contributed by atoms with Gasteiger partial charge in [-0.1, -0.05) is 51.1 Å². The molecule has 0 aliphatic carbocycles. The predicted molar refractivity (Wildman–Crippen MR) is 138 cm³/mol. The first-order valence-electron chi connectivity index (χ1n) is 12.1. The van der Waals surface area contributed by atoms with Crippen molar-refractivity contribution in [1.82, 2.24) is 9.47 Å². The Hall–Kier alpha value is -3.56. The fraction of sp³-hybridized carbons (Fsp3) is 0.357. The number of aromatic nitrogens is 1. The maximum Gasteiger partial charge on any atom is 0.248 e.